The standard InChI is InChI=1S/C25H25N3O4Si.C19H27NO4Si.C17H25N3O4Si.C13H24N2O4Si.C8H22N2O4Si.C7H15NO4Si/c1-18-2-10-22(11-3-18)29-33(30-23-12-4-19(26)5-13-23,31-24-14-6-20(27)7-15-24)32-25-16-8-21(28)9-17-25;1-6-21-25(22-7-2,23-17-9-8-14(3)15(4)12-17)24-18-10-11-19(20)16(5)13-18;1-14-2-6-16(7-3-14)23-25(21-12-10-18,22-13-11-19)24-17-8-4-15(20)5-9-17;1-2-10-16-20(17-11-8-14,18-12-9-15)19-13-6-4-3-5-7-13;1-3-6-12-15(11-2,13-7-4-9)14-8-5-10;1-2-6-4-9-13(11-6)10-5-7(3-8)12-13/h2-17H,26-28H2,1H3;8-13H,6-7,20H2,1-5H3;2-9H,10-13,18-20H2,1H3;3-7H,2,8-12,14-15H2,1H3;3-10H2,1-2H3;6-7H,2-5,8H2,1H3. The van der Waals surface area contributed by atoms with Gasteiger partial charge < -0.3 is 175 Å². The Hall–Kier alpha value is -9.40. The van der Waals surface area contributed by atoms with Gasteiger partial charge in [0.05, 0.1) is 65.1 Å². The molecule has 2 aliphatic rings. The topological polar surface area (TPSA) is 534 Å². The molecule has 131 heavy (non-hydrogen) atoms. The molecule has 722 valence electrons. The van der Waals surface area contributed by atoms with Crippen LogP contribution in [0.4, 0.5) is 28.4 Å². The van der Waals surface area contributed by atoms with Gasteiger partial charge in [-0.3, -0.25) is 0 Å². The molecular weight excluding hydrogens is 1790 g/mol. The number of nitrogen functional groups attached to an aromatic ring is 5. The van der Waals surface area contributed by atoms with E-state index in [1.54, 1.807) is 109 Å². The molecule has 0 bridgehead atoms. The van der Waals surface area contributed by atoms with E-state index >= 15 is 0 Å². The van der Waals surface area contributed by atoms with E-state index in [1.165, 1.54) is 12.7 Å². The minimum atomic E-state index is -3.95. The van der Waals surface area contributed by atoms with Crippen molar-refractivity contribution in [3.8, 4) is 51.7 Å². The Morgan fingerprint density at radius 1 is 0.298 bits per heavy atom. The average Bonchev–Trinajstić information content (AvgIpc) is 1.70. The van der Waals surface area contributed by atoms with Gasteiger partial charge >= 0.3 is 54.3 Å². The van der Waals surface area contributed by atoms with Crippen molar-refractivity contribution in [2.75, 3.05) is 161 Å². The summed E-state index contributed by atoms with van der Waals surface area (Å²) in [5.41, 5.74) is 76.1. The maximum Gasteiger partial charge on any atom is 0.966 e. The lowest BCUT2D eigenvalue weighted by molar-refractivity contribution is -0.0193. The van der Waals surface area contributed by atoms with Gasteiger partial charge in [0.25, 0.3) is 0 Å². The SMILES string of the molecule is CCC1CO[Si]2(OCC(CN)O2)O1.CCCO[Si](OC)(OCCN)OCCN.CCCO[Si](OCCN)(OCCN)Oc1ccccc1.CCO[Si](OCC)(Oc1ccc(C)c(C)c1)Oc1ccc(N)c(C)c1.Cc1ccc(O[Si](OCCN)(OCCN)Oc2ccc(N)cc2)cc1.Cc1ccc(O[Si](Oc2ccc(N)cc2)(Oc2ccc(N)cc2)Oc2ccc(N)cc2)cc1. The van der Waals surface area contributed by atoms with E-state index in [-0.39, 0.29) is 25.4 Å². The van der Waals surface area contributed by atoms with Crippen molar-refractivity contribution in [1.82, 2.24) is 0 Å². The summed E-state index contributed by atoms with van der Waals surface area (Å²) in [4.78, 5) is 0. The first-order valence-corrected chi connectivity index (χ1v) is 53.2. The molecule has 42 heteroatoms. The molecule has 2 fully saturated rings. The highest BCUT2D eigenvalue weighted by atomic mass is 28.4. The fourth-order valence-electron chi connectivity index (χ4n) is 10.9. The largest absolute Gasteiger partial charge is 0.966 e. The molecule has 0 aromatic heterocycles. The van der Waals surface area contributed by atoms with Gasteiger partial charge in [-0.15, -0.1) is 0 Å². The first-order valence-electron chi connectivity index (χ1n) is 43.4. The molecule has 3 atom stereocenters. The third-order valence-electron chi connectivity index (χ3n) is 17.7. The van der Waals surface area contributed by atoms with Crippen LogP contribution in [0.2, 0.25) is 0 Å². The molecule has 36 nitrogen and oxygen atoms in total. The molecule has 9 aromatic carbocycles. The van der Waals surface area contributed by atoms with Gasteiger partial charge in [0.2, 0.25) is 0 Å². The number of hydrogen-bond acceptors (Lipinski definition) is 36. The molecular formula is C89H138N12O24Si6. The molecule has 11 rings (SSSR count). The molecule has 0 saturated carbocycles. The van der Waals surface area contributed by atoms with Crippen molar-refractivity contribution in [2.24, 2.45) is 40.1 Å². The van der Waals surface area contributed by atoms with Crippen LogP contribution in [0.5, 0.6) is 51.7 Å². The summed E-state index contributed by atoms with van der Waals surface area (Å²) in [6.45, 7) is 27.2. The lowest BCUT2D eigenvalue weighted by atomic mass is 10.1. The summed E-state index contributed by atoms with van der Waals surface area (Å²) in [5, 5.41) is 0. The number of anilines is 5. The Morgan fingerprint density at radius 2 is 0.588 bits per heavy atom. The lowest BCUT2D eigenvalue weighted by Gasteiger charge is -2.28. The molecule has 0 aliphatic carbocycles. The quantitative estimate of drug-likeness (QED) is 0.0124. The molecule has 3 unspecified atom stereocenters. The number of benzene rings is 9. The van der Waals surface area contributed by atoms with Crippen LogP contribution in [0, 0.1) is 34.6 Å². The van der Waals surface area contributed by atoms with Crippen molar-refractivity contribution in [3.63, 3.8) is 0 Å². The summed E-state index contributed by atoms with van der Waals surface area (Å²) in [5.74, 6) is 5.02. The fourth-order valence-corrected chi connectivity index (χ4v) is 23.0. The average molecular weight is 1930 g/mol. The van der Waals surface area contributed by atoms with Gasteiger partial charge in [0.1, 0.15) is 51.7 Å². The molecule has 0 radical (unpaired) electrons. The first-order chi connectivity index (χ1) is 63.1. The number of hydrogen-bond donors (Lipinski definition) is 12. The lowest BCUT2D eigenvalue weighted by Crippen LogP contribution is -2.60. The number of aryl methyl sites for hydroxylation is 5. The van der Waals surface area contributed by atoms with Crippen LogP contribution in [0.25, 0.3) is 0 Å². The zero-order valence-electron chi connectivity index (χ0n) is 77.1. The van der Waals surface area contributed by atoms with E-state index in [0.717, 1.165) is 41.5 Å². The maximum atomic E-state index is 6.34. The van der Waals surface area contributed by atoms with E-state index in [0.29, 0.717) is 192 Å². The summed E-state index contributed by atoms with van der Waals surface area (Å²) in [6, 6.07) is 63.4. The molecule has 2 heterocycles. The van der Waals surface area contributed by atoms with Crippen LogP contribution in [0.3, 0.4) is 0 Å². The smallest absolute Gasteiger partial charge is 0.480 e. The van der Waals surface area contributed by atoms with Crippen molar-refractivity contribution in [3.05, 3.63) is 240 Å². The second-order valence-electron chi connectivity index (χ2n) is 28.7. The second-order valence-corrected chi connectivity index (χ2v) is 40.9. The maximum absolute atomic E-state index is 6.34. The second kappa shape index (κ2) is 59.3. The highest BCUT2D eigenvalue weighted by Crippen LogP contribution is 2.34. The molecule has 24 N–H and O–H groups in total. The zero-order chi connectivity index (χ0) is 95.4. The number of nitrogens with two attached hydrogens (primary N) is 12. The van der Waals surface area contributed by atoms with Gasteiger partial charge in [0, 0.05) is 108 Å². The summed E-state index contributed by atoms with van der Waals surface area (Å²) < 4.78 is 139. The van der Waals surface area contributed by atoms with Crippen molar-refractivity contribution in [2.45, 2.75) is 101 Å². The predicted molar refractivity (Wildman–Crippen MR) is 518 cm³/mol. The van der Waals surface area contributed by atoms with Crippen LogP contribution >= 0.6 is 0 Å². The third kappa shape index (κ3) is 39.7. The van der Waals surface area contributed by atoms with Crippen molar-refractivity contribution < 1.29 is 106 Å². The van der Waals surface area contributed by atoms with Gasteiger partial charge in [-0.25, -0.2) is 0 Å². The normalized spacial score (nSPS) is 14.7. The highest BCUT2D eigenvalue weighted by molar-refractivity contribution is 6.57. The number of para-hydroxylation sites is 1. The molecule has 2 aliphatic heterocycles. The van der Waals surface area contributed by atoms with Crippen LogP contribution in [0.1, 0.15) is 81.7 Å². The highest BCUT2D eigenvalue weighted by Gasteiger charge is 2.60. The monoisotopic (exact) mass is 1930 g/mol. The van der Waals surface area contributed by atoms with Gasteiger partial charge in [-0.2, -0.15) is 0 Å². The molecule has 0 amide bonds. The van der Waals surface area contributed by atoms with Gasteiger partial charge in [0.15, 0.2) is 0 Å². The predicted octanol–water partition coefficient (Wildman–Crippen LogP) is 10.3. The van der Waals surface area contributed by atoms with E-state index in [2.05, 4.69) is 13.8 Å². The first kappa shape index (κ1) is 110. The van der Waals surface area contributed by atoms with Gasteiger partial charge in [-0.1, -0.05) is 80.4 Å². The Morgan fingerprint density at radius 3 is 0.916 bits per heavy atom. The summed E-state index contributed by atoms with van der Waals surface area (Å²) in [6.07, 6.45) is 2.71. The Balaban J connectivity index is 0.000000248. The molecule has 9 aromatic rings. The van der Waals surface area contributed by atoms with E-state index in [9.17, 15) is 0 Å². The Kier molecular flexibility index (Phi) is 49.9. The Bertz CT molecular complexity index is 4200. The Labute approximate surface area is 778 Å². The molecule has 1 spiro atoms. The van der Waals surface area contributed by atoms with E-state index in [1.807, 2.05) is 159 Å². The molecule has 2 saturated heterocycles. The fraction of sp³-hybridized carbons (Fsp3) is 0.393. The van der Waals surface area contributed by atoms with E-state index in [4.69, 9.17) is 175 Å². The van der Waals surface area contributed by atoms with Crippen LogP contribution in [-0.2, 0) is 66.4 Å². The minimum Gasteiger partial charge on any atom is -0.480 e. The number of rotatable bonds is 49. The minimum absolute atomic E-state index is 0.0535. The summed E-state index contributed by atoms with van der Waals surface area (Å²) in [7, 11) is -18.4. The van der Waals surface area contributed by atoms with Gasteiger partial charge in [-0.05, 0) is 248 Å². The van der Waals surface area contributed by atoms with Crippen LogP contribution in [0.15, 0.2) is 212 Å². The van der Waals surface area contributed by atoms with Crippen LogP contribution < -0.4 is 109 Å². The van der Waals surface area contributed by atoms with Crippen LogP contribution in [-0.4, -0.2) is 199 Å². The zero-order valence-corrected chi connectivity index (χ0v) is 83.1. The van der Waals surface area contributed by atoms with Crippen molar-refractivity contribution >= 4 is 82.7 Å². The van der Waals surface area contributed by atoms with Crippen molar-refractivity contribution in [1.29, 1.82) is 0 Å². The van der Waals surface area contributed by atoms with E-state index < -0.39 is 54.3 Å². The summed E-state index contributed by atoms with van der Waals surface area (Å²) >= 11 is 0. The third-order valence-corrected chi connectivity index (χ3v) is 30.6.